The third-order valence-corrected chi connectivity index (χ3v) is 7.78. The molecule has 1 aromatic rings. The zero-order valence-corrected chi connectivity index (χ0v) is 19.9. The second-order valence-electron chi connectivity index (χ2n) is 9.51. The van der Waals surface area contributed by atoms with Crippen molar-refractivity contribution in [3.63, 3.8) is 0 Å². The number of nitrogens with zero attached hydrogens (tertiary/aromatic N) is 1. The van der Waals surface area contributed by atoms with Gasteiger partial charge in [-0.15, -0.1) is 0 Å². The largest absolute Gasteiger partial charge is 0.490 e. The Bertz CT molecular complexity index is 974. The molecule has 1 unspecified atom stereocenters. The Labute approximate surface area is 193 Å². The van der Waals surface area contributed by atoms with Crippen molar-refractivity contribution < 1.29 is 31.5 Å². The molecule has 10 heteroatoms. The third-order valence-electron chi connectivity index (χ3n) is 6.03. The second kappa shape index (κ2) is 10.4. The minimum Gasteiger partial charge on any atom is -0.490 e. The molecular formula is C23H32F2N2O5S. The first-order valence-electron chi connectivity index (χ1n) is 11.3. The Morgan fingerprint density at radius 1 is 1.21 bits per heavy atom. The molecule has 0 aromatic heterocycles. The van der Waals surface area contributed by atoms with Crippen LogP contribution in [0.1, 0.15) is 57.4 Å². The normalized spacial score (nSPS) is 17.9. The van der Waals surface area contributed by atoms with E-state index in [1.165, 1.54) is 36.9 Å². The summed E-state index contributed by atoms with van der Waals surface area (Å²) in [6.45, 7) is 3.44. The average Bonchev–Trinajstić information content (AvgIpc) is 3.48. The van der Waals surface area contributed by atoms with E-state index in [1.807, 2.05) is 0 Å². The number of halogens is 2. The van der Waals surface area contributed by atoms with Crippen LogP contribution in [0.3, 0.4) is 0 Å². The van der Waals surface area contributed by atoms with Crippen molar-refractivity contribution in [3.05, 3.63) is 29.6 Å². The molecule has 2 aliphatic rings. The molecule has 184 valence electrons. The number of nitrogens with one attached hydrogen (secondary N) is 1. The standard InChI is InChI=1S/C23H32F2N2O5S/c1-23(2,25)18(17-8-9-19(24)20(12-17)32-14-16-6-7-16)15-33(30,31)11-5-3-4-10-27-13-21(28)26-22(27)29/h8-9,12,16,18H,3-7,10-11,13-15H2,1-2H3,(H,26,28,29). The predicted molar refractivity (Wildman–Crippen MR) is 120 cm³/mol. The number of hydrogen-bond acceptors (Lipinski definition) is 5. The molecule has 1 aromatic carbocycles. The number of urea groups is 1. The van der Waals surface area contributed by atoms with Crippen LogP contribution in [0, 0.1) is 11.7 Å². The van der Waals surface area contributed by atoms with E-state index in [4.69, 9.17) is 4.74 Å². The van der Waals surface area contributed by atoms with Gasteiger partial charge in [0, 0.05) is 12.5 Å². The molecule has 3 rings (SSSR count). The van der Waals surface area contributed by atoms with Gasteiger partial charge in [0.15, 0.2) is 21.4 Å². The van der Waals surface area contributed by atoms with Gasteiger partial charge in [-0.3, -0.25) is 10.1 Å². The predicted octanol–water partition coefficient (Wildman–Crippen LogP) is 3.58. The van der Waals surface area contributed by atoms with Gasteiger partial charge in [-0.25, -0.2) is 22.0 Å². The summed E-state index contributed by atoms with van der Waals surface area (Å²) in [5.41, 5.74) is -1.45. The van der Waals surface area contributed by atoms with E-state index in [0.29, 0.717) is 43.9 Å². The number of carbonyl (C=O) groups is 2. The summed E-state index contributed by atoms with van der Waals surface area (Å²) < 4.78 is 60.3. The topological polar surface area (TPSA) is 92.8 Å². The van der Waals surface area contributed by atoms with Crippen molar-refractivity contribution in [1.82, 2.24) is 10.2 Å². The summed E-state index contributed by atoms with van der Waals surface area (Å²) in [5, 5.41) is 2.19. The van der Waals surface area contributed by atoms with E-state index < -0.39 is 39.0 Å². The van der Waals surface area contributed by atoms with Crippen molar-refractivity contribution in [2.24, 2.45) is 5.92 Å². The maximum atomic E-state index is 15.0. The summed E-state index contributed by atoms with van der Waals surface area (Å²) >= 11 is 0. The zero-order chi connectivity index (χ0) is 24.2. The molecular weight excluding hydrogens is 454 g/mol. The quantitative estimate of drug-likeness (QED) is 0.340. The van der Waals surface area contributed by atoms with Gasteiger partial charge in [0.05, 0.1) is 18.1 Å². The maximum Gasteiger partial charge on any atom is 0.324 e. The molecule has 0 bridgehead atoms. The molecule has 7 nitrogen and oxygen atoms in total. The number of carbonyl (C=O) groups excluding carboxylic acids is 2. The van der Waals surface area contributed by atoms with Crippen molar-refractivity contribution in [2.75, 3.05) is 31.2 Å². The number of imide groups is 1. The van der Waals surface area contributed by atoms with Crippen molar-refractivity contribution in [1.29, 1.82) is 0 Å². The minimum absolute atomic E-state index is 0.0222. The molecule has 2 fully saturated rings. The molecule has 1 N–H and O–H groups in total. The lowest BCUT2D eigenvalue weighted by molar-refractivity contribution is -0.118. The van der Waals surface area contributed by atoms with Gasteiger partial charge in [0.2, 0.25) is 5.91 Å². The monoisotopic (exact) mass is 486 g/mol. The number of amides is 3. The van der Waals surface area contributed by atoms with Crippen LogP contribution < -0.4 is 10.1 Å². The Kier molecular flexibility index (Phi) is 7.97. The van der Waals surface area contributed by atoms with E-state index in [-0.39, 0.29) is 24.0 Å². The highest BCUT2D eigenvalue weighted by molar-refractivity contribution is 7.91. The fourth-order valence-electron chi connectivity index (χ4n) is 3.83. The molecule has 3 amide bonds. The van der Waals surface area contributed by atoms with Crippen molar-refractivity contribution in [2.45, 2.75) is 57.5 Å². The third kappa shape index (κ3) is 7.65. The van der Waals surface area contributed by atoms with Crippen LogP contribution in [0.4, 0.5) is 13.6 Å². The summed E-state index contributed by atoms with van der Waals surface area (Å²) in [4.78, 5) is 24.1. The molecule has 1 aliphatic heterocycles. The number of sulfone groups is 1. The van der Waals surface area contributed by atoms with Crippen LogP contribution in [-0.4, -0.2) is 62.1 Å². The number of benzene rings is 1. The second-order valence-corrected chi connectivity index (χ2v) is 11.7. The first-order chi connectivity index (χ1) is 15.4. The minimum atomic E-state index is -3.59. The number of ether oxygens (including phenoxy) is 1. The molecule has 1 saturated carbocycles. The Balaban J connectivity index is 1.56. The lowest BCUT2D eigenvalue weighted by Gasteiger charge is -2.28. The fourth-order valence-corrected chi connectivity index (χ4v) is 5.74. The number of rotatable bonds is 13. The molecule has 1 atom stereocenters. The summed E-state index contributed by atoms with van der Waals surface area (Å²) in [7, 11) is -3.59. The highest BCUT2D eigenvalue weighted by Crippen LogP contribution is 2.36. The van der Waals surface area contributed by atoms with Gasteiger partial charge in [-0.05, 0) is 63.1 Å². The summed E-state index contributed by atoms with van der Waals surface area (Å²) in [5.74, 6) is -1.93. The van der Waals surface area contributed by atoms with Crippen LogP contribution in [-0.2, 0) is 14.6 Å². The van der Waals surface area contributed by atoms with Gasteiger partial charge in [0.1, 0.15) is 12.2 Å². The van der Waals surface area contributed by atoms with E-state index in [2.05, 4.69) is 5.32 Å². The lowest BCUT2D eigenvalue weighted by Crippen LogP contribution is -2.31. The summed E-state index contributed by atoms with van der Waals surface area (Å²) in [6.07, 6.45) is 3.57. The van der Waals surface area contributed by atoms with Crippen LogP contribution in [0.25, 0.3) is 0 Å². The van der Waals surface area contributed by atoms with Crippen LogP contribution in [0.2, 0.25) is 0 Å². The highest BCUT2D eigenvalue weighted by Gasteiger charge is 2.35. The van der Waals surface area contributed by atoms with Gasteiger partial charge >= 0.3 is 6.03 Å². The van der Waals surface area contributed by atoms with Gasteiger partial charge in [0.25, 0.3) is 0 Å². The number of hydrogen-bond donors (Lipinski definition) is 1. The SMILES string of the molecule is CC(C)(F)C(CS(=O)(=O)CCCCCN1CC(=O)NC1=O)c1ccc(F)c(OCC2CC2)c1. The van der Waals surface area contributed by atoms with Crippen LogP contribution in [0.15, 0.2) is 18.2 Å². The van der Waals surface area contributed by atoms with E-state index in [9.17, 15) is 22.4 Å². The van der Waals surface area contributed by atoms with Gasteiger partial charge < -0.3 is 9.64 Å². The molecule has 1 heterocycles. The van der Waals surface area contributed by atoms with E-state index in [1.54, 1.807) is 0 Å². The Hall–Kier alpha value is -2.23. The smallest absolute Gasteiger partial charge is 0.324 e. The van der Waals surface area contributed by atoms with Gasteiger partial charge in [-0.2, -0.15) is 0 Å². The Morgan fingerprint density at radius 3 is 2.55 bits per heavy atom. The molecule has 1 aliphatic carbocycles. The van der Waals surface area contributed by atoms with Crippen LogP contribution >= 0.6 is 0 Å². The van der Waals surface area contributed by atoms with Gasteiger partial charge in [-0.1, -0.05) is 12.5 Å². The highest BCUT2D eigenvalue weighted by atomic mass is 32.2. The van der Waals surface area contributed by atoms with Crippen LogP contribution in [0.5, 0.6) is 5.75 Å². The van der Waals surface area contributed by atoms with Crippen molar-refractivity contribution in [3.8, 4) is 5.75 Å². The first kappa shape index (κ1) is 25.4. The molecule has 0 radical (unpaired) electrons. The maximum absolute atomic E-state index is 15.0. The fraction of sp³-hybridized carbons (Fsp3) is 0.652. The van der Waals surface area contributed by atoms with Crippen molar-refractivity contribution >= 4 is 21.8 Å². The lowest BCUT2D eigenvalue weighted by atomic mass is 9.87. The van der Waals surface area contributed by atoms with E-state index in [0.717, 1.165) is 12.8 Å². The first-order valence-corrected chi connectivity index (χ1v) is 13.2. The molecule has 0 spiro atoms. The molecule has 33 heavy (non-hydrogen) atoms. The summed E-state index contributed by atoms with van der Waals surface area (Å²) in [6, 6.07) is 3.60. The number of unbranched alkanes of at least 4 members (excludes halogenated alkanes) is 2. The molecule has 1 saturated heterocycles. The zero-order valence-electron chi connectivity index (χ0n) is 19.1. The van der Waals surface area contributed by atoms with E-state index >= 15 is 4.39 Å². The number of alkyl halides is 1. The Morgan fingerprint density at radius 2 is 1.94 bits per heavy atom. The average molecular weight is 487 g/mol.